The number of nitrogens with zero attached hydrogens (tertiary/aromatic N) is 2. The largest absolute Gasteiger partial charge is 0.492 e. The Kier molecular flexibility index (Phi) is 10.3. The Morgan fingerprint density at radius 1 is 1.13 bits per heavy atom. The standard InChI is InChI=1S/C16H23FN2O3S.2C2H4O2/c1-18(2)15-11-23(20,21)16-10-19(9-14(15)16)7-8-22-13-5-3-12(17)4-6-13;2*1-2(3)4/h3-6,14-16H,7-11H2,1-2H3;2*1H3,(H,3,4)/t14-,15+,16-;;/m0../s1. The van der Waals surface area contributed by atoms with Gasteiger partial charge in [-0.15, -0.1) is 0 Å². The normalized spacial score (nSPS) is 23.7. The van der Waals surface area contributed by atoms with Crippen molar-refractivity contribution in [3.63, 3.8) is 0 Å². The molecule has 2 saturated heterocycles. The number of carboxylic acids is 2. The molecule has 1 aromatic carbocycles. The van der Waals surface area contributed by atoms with Crippen LogP contribution in [0.25, 0.3) is 0 Å². The zero-order valence-electron chi connectivity index (χ0n) is 18.2. The van der Waals surface area contributed by atoms with Crippen LogP contribution in [0, 0.1) is 11.7 Å². The van der Waals surface area contributed by atoms with E-state index in [4.69, 9.17) is 24.5 Å². The lowest BCUT2D eigenvalue weighted by Crippen LogP contribution is -2.38. The minimum Gasteiger partial charge on any atom is -0.492 e. The van der Waals surface area contributed by atoms with Crippen molar-refractivity contribution in [3.8, 4) is 5.75 Å². The van der Waals surface area contributed by atoms with Crippen LogP contribution in [-0.2, 0) is 19.4 Å². The average molecular weight is 463 g/mol. The van der Waals surface area contributed by atoms with Crippen LogP contribution in [-0.4, -0.2) is 97.8 Å². The highest BCUT2D eigenvalue weighted by Gasteiger charge is 2.52. The maximum absolute atomic E-state index is 12.8. The number of halogens is 1. The summed E-state index contributed by atoms with van der Waals surface area (Å²) >= 11 is 0. The summed E-state index contributed by atoms with van der Waals surface area (Å²) in [6.45, 7) is 4.70. The molecule has 176 valence electrons. The van der Waals surface area contributed by atoms with Crippen LogP contribution < -0.4 is 4.74 Å². The number of carboxylic acid groups (broad SMARTS) is 2. The number of hydrogen-bond acceptors (Lipinski definition) is 7. The Hall–Kier alpha value is -2.24. The zero-order valence-corrected chi connectivity index (χ0v) is 19.0. The van der Waals surface area contributed by atoms with Gasteiger partial charge in [0, 0.05) is 45.4 Å². The average Bonchev–Trinajstić information content (AvgIpc) is 3.14. The van der Waals surface area contributed by atoms with Gasteiger partial charge in [0.2, 0.25) is 0 Å². The van der Waals surface area contributed by atoms with E-state index in [1.807, 2.05) is 19.0 Å². The van der Waals surface area contributed by atoms with E-state index in [1.165, 1.54) is 12.1 Å². The number of hydrogen-bond donors (Lipinski definition) is 2. The van der Waals surface area contributed by atoms with Gasteiger partial charge < -0.3 is 19.8 Å². The first-order valence-electron chi connectivity index (χ1n) is 9.71. The Balaban J connectivity index is 0.000000519. The van der Waals surface area contributed by atoms with Crippen LogP contribution in [0.1, 0.15) is 13.8 Å². The smallest absolute Gasteiger partial charge is 0.300 e. The number of benzene rings is 1. The number of ether oxygens (including phenoxy) is 1. The van der Waals surface area contributed by atoms with Gasteiger partial charge in [-0.2, -0.15) is 0 Å². The molecule has 3 atom stereocenters. The van der Waals surface area contributed by atoms with E-state index in [-0.39, 0.29) is 28.8 Å². The van der Waals surface area contributed by atoms with Gasteiger partial charge in [0.1, 0.15) is 18.2 Å². The van der Waals surface area contributed by atoms with Crippen LogP contribution in [0.15, 0.2) is 24.3 Å². The summed E-state index contributed by atoms with van der Waals surface area (Å²) < 4.78 is 43.1. The van der Waals surface area contributed by atoms with Crippen LogP contribution in [0.2, 0.25) is 0 Å². The Morgan fingerprint density at radius 3 is 2.13 bits per heavy atom. The van der Waals surface area contributed by atoms with Crippen molar-refractivity contribution in [2.45, 2.75) is 25.1 Å². The summed E-state index contributed by atoms with van der Waals surface area (Å²) in [6, 6.07) is 6.03. The third kappa shape index (κ3) is 9.19. The second-order valence-corrected chi connectivity index (χ2v) is 9.93. The molecular formula is C20H31FN2O7S. The van der Waals surface area contributed by atoms with Gasteiger partial charge in [-0.1, -0.05) is 0 Å². The molecule has 2 heterocycles. The summed E-state index contributed by atoms with van der Waals surface area (Å²) in [5, 5.41) is 14.6. The van der Waals surface area contributed by atoms with E-state index < -0.39 is 21.8 Å². The lowest BCUT2D eigenvalue weighted by atomic mass is 10.00. The first kappa shape index (κ1) is 26.8. The second kappa shape index (κ2) is 12.0. The van der Waals surface area contributed by atoms with Gasteiger partial charge in [0.05, 0.1) is 11.0 Å². The highest BCUT2D eigenvalue weighted by molar-refractivity contribution is 7.92. The first-order valence-corrected chi connectivity index (χ1v) is 11.4. The van der Waals surface area contributed by atoms with Crippen molar-refractivity contribution in [1.82, 2.24) is 9.80 Å². The molecule has 0 aliphatic carbocycles. The number of aliphatic carboxylic acids is 2. The van der Waals surface area contributed by atoms with Gasteiger partial charge >= 0.3 is 0 Å². The van der Waals surface area contributed by atoms with Crippen LogP contribution in [0.4, 0.5) is 4.39 Å². The molecule has 2 fully saturated rings. The van der Waals surface area contributed by atoms with Crippen molar-refractivity contribution < 1.29 is 37.3 Å². The SMILES string of the molecule is CC(=O)O.CC(=O)O.CN(C)[C@@H]1CS(=O)(=O)[C@H]2CN(CCOc3ccc(F)cc3)C[C@@H]12. The van der Waals surface area contributed by atoms with Crippen molar-refractivity contribution in [2.75, 3.05) is 46.1 Å². The quantitative estimate of drug-likeness (QED) is 0.660. The molecule has 31 heavy (non-hydrogen) atoms. The maximum atomic E-state index is 12.8. The molecule has 2 aliphatic rings. The molecule has 0 spiro atoms. The molecule has 0 aromatic heterocycles. The number of carbonyl (C=O) groups is 2. The van der Waals surface area contributed by atoms with E-state index in [9.17, 15) is 12.8 Å². The van der Waals surface area contributed by atoms with Crippen LogP contribution >= 0.6 is 0 Å². The summed E-state index contributed by atoms with van der Waals surface area (Å²) in [5.74, 6) is -0.870. The fraction of sp³-hybridized carbons (Fsp3) is 0.600. The van der Waals surface area contributed by atoms with Gasteiger partial charge in [0.25, 0.3) is 11.9 Å². The summed E-state index contributed by atoms with van der Waals surface area (Å²) in [5.41, 5.74) is 0. The Bertz CT molecular complexity index is 810. The summed E-state index contributed by atoms with van der Waals surface area (Å²) in [7, 11) is 0.896. The highest BCUT2D eigenvalue weighted by Crippen LogP contribution is 2.35. The molecule has 0 saturated carbocycles. The molecule has 3 rings (SSSR count). The minimum absolute atomic E-state index is 0.105. The highest BCUT2D eigenvalue weighted by atomic mass is 32.2. The predicted molar refractivity (Wildman–Crippen MR) is 113 cm³/mol. The fourth-order valence-electron chi connectivity index (χ4n) is 3.65. The molecule has 2 aliphatic heterocycles. The first-order chi connectivity index (χ1) is 14.3. The fourth-order valence-corrected chi connectivity index (χ4v) is 6.16. The topological polar surface area (TPSA) is 124 Å². The Labute approximate surface area is 182 Å². The lowest BCUT2D eigenvalue weighted by molar-refractivity contribution is -0.135. The van der Waals surface area contributed by atoms with E-state index >= 15 is 0 Å². The molecule has 2 N–H and O–H groups in total. The lowest BCUT2D eigenvalue weighted by Gasteiger charge is -2.25. The van der Waals surface area contributed by atoms with E-state index in [0.717, 1.165) is 20.4 Å². The van der Waals surface area contributed by atoms with Gasteiger partial charge in [0.15, 0.2) is 9.84 Å². The molecule has 0 unspecified atom stereocenters. The van der Waals surface area contributed by atoms with Gasteiger partial charge in [-0.05, 0) is 38.4 Å². The number of sulfone groups is 1. The molecule has 9 nitrogen and oxygen atoms in total. The molecule has 0 amide bonds. The molecule has 1 aromatic rings. The number of likely N-dealkylation sites (tertiary alicyclic amines) is 1. The molecule has 0 bridgehead atoms. The van der Waals surface area contributed by atoms with Crippen molar-refractivity contribution >= 4 is 21.8 Å². The number of rotatable bonds is 5. The van der Waals surface area contributed by atoms with E-state index in [1.54, 1.807) is 12.1 Å². The Morgan fingerprint density at radius 2 is 1.65 bits per heavy atom. The monoisotopic (exact) mass is 462 g/mol. The third-order valence-corrected chi connectivity index (χ3v) is 7.12. The van der Waals surface area contributed by atoms with Crippen LogP contribution in [0.3, 0.4) is 0 Å². The molecular weight excluding hydrogens is 431 g/mol. The van der Waals surface area contributed by atoms with Gasteiger partial charge in [-0.3, -0.25) is 14.5 Å². The van der Waals surface area contributed by atoms with Crippen molar-refractivity contribution in [1.29, 1.82) is 0 Å². The predicted octanol–water partition coefficient (Wildman–Crippen LogP) is 1.05. The van der Waals surface area contributed by atoms with E-state index in [2.05, 4.69) is 4.90 Å². The minimum atomic E-state index is -3.00. The molecule has 0 radical (unpaired) electrons. The molecule has 11 heteroatoms. The van der Waals surface area contributed by atoms with Crippen molar-refractivity contribution in [2.24, 2.45) is 5.92 Å². The van der Waals surface area contributed by atoms with Crippen LogP contribution in [0.5, 0.6) is 5.75 Å². The number of fused-ring (bicyclic) bond motifs is 1. The van der Waals surface area contributed by atoms with Crippen molar-refractivity contribution in [3.05, 3.63) is 30.1 Å². The summed E-state index contributed by atoms with van der Waals surface area (Å²) in [4.78, 5) is 22.2. The summed E-state index contributed by atoms with van der Waals surface area (Å²) in [6.07, 6.45) is 0. The third-order valence-electron chi connectivity index (χ3n) is 4.90. The zero-order chi connectivity index (χ0) is 23.8. The second-order valence-electron chi connectivity index (χ2n) is 7.66. The van der Waals surface area contributed by atoms with E-state index in [0.29, 0.717) is 25.4 Å². The maximum Gasteiger partial charge on any atom is 0.300 e. The van der Waals surface area contributed by atoms with Gasteiger partial charge in [-0.25, -0.2) is 12.8 Å².